The SMILES string of the molecule is CN1C2CCC1CN(C1(CN)CCC(C)(C)CC1)CC2. The minimum absolute atomic E-state index is 0.306. The minimum Gasteiger partial charge on any atom is -0.329 e. The molecule has 2 atom stereocenters. The highest BCUT2D eigenvalue weighted by Gasteiger charge is 2.45. The average Bonchev–Trinajstić information content (AvgIpc) is 2.65. The van der Waals surface area contributed by atoms with E-state index in [1.54, 1.807) is 0 Å². The first-order valence-electron chi connectivity index (χ1n) is 8.63. The molecule has 2 heterocycles. The van der Waals surface area contributed by atoms with Crippen molar-refractivity contribution >= 4 is 0 Å². The first-order chi connectivity index (χ1) is 9.46. The van der Waals surface area contributed by atoms with E-state index in [0.29, 0.717) is 11.0 Å². The Kier molecular flexibility index (Phi) is 3.89. The zero-order valence-corrected chi connectivity index (χ0v) is 13.7. The Morgan fingerprint density at radius 3 is 2.30 bits per heavy atom. The Balaban J connectivity index is 1.73. The molecule has 0 aromatic heterocycles. The number of nitrogens with zero attached hydrogens (tertiary/aromatic N) is 2. The van der Waals surface area contributed by atoms with Gasteiger partial charge in [0.2, 0.25) is 0 Å². The van der Waals surface area contributed by atoms with E-state index in [9.17, 15) is 0 Å². The van der Waals surface area contributed by atoms with Gasteiger partial charge in [-0.2, -0.15) is 0 Å². The van der Waals surface area contributed by atoms with Gasteiger partial charge in [-0.05, 0) is 57.4 Å². The van der Waals surface area contributed by atoms with Crippen molar-refractivity contribution in [2.75, 3.05) is 26.7 Å². The van der Waals surface area contributed by atoms with Crippen LogP contribution in [-0.2, 0) is 0 Å². The lowest BCUT2D eigenvalue weighted by Gasteiger charge is -2.50. The molecule has 0 amide bonds. The zero-order valence-electron chi connectivity index (χ0n) is 13.7. The van der Waals surface area contributed by atoms with Crippen LogP contribution in [0, 0.1) is 5.41 Å². The minimum atomic E-state index is 0.306. The second-order valence-corrected chi connectivity index (χ2v) is 8.38. The van der Waals surface area contributed by atoms with E-state index < -0.39 is 0 Å². The molecular formula is C17H33N3. The molecule has 2 saturated heterocycles. The second-order valence-electron chi connectivity index (χ2n) is 8.38. The van der Waals surface area contributed by atoms with Crippen molar-refractivity contribution in [1.29, 1.82) is 0 Å². The van der Waals surface area contributed by atoms with Crippen molar-refractivity contribution < 1.29 is 0 Å². The molecule has 0 aromatic carbocycles. The van der Waals surface area contributed by atoms with Crippen molar-refractivity contribution in [3.8, 4) is 0 Å². The van der Waals surface area contributed by atoms with Gasteiger partial charge in [0.1, 0.15) is 0 Å². The van der Waals surface area contributed by atoms with Crippen molar-refractivity contribution in [1.82, 2.24) is 9.80 Å². The summed E-state index contributed by atoms with van der Waals surface area (Å²) in [6.45, 7) is 8.22. The van der Waals surface area contributed by atoms with Crippen LogP contribution in [0.2, 0.25) is 0 Å². The third-order valence-electron chi connectivity index (χ3n) is 6.73. The lowest BCUT2D eigenvalue weighted by molar-refractivity contribution is 0.0174. The Morgan fingerprint density at radius 1 is 1.00 bits per heavy atom. The molecule has 0 spiro atoms. The zero-order chi connectivity index (χ0) is 14.4. The van der Waals surface area contributed by atoms with Crippen molar-refractivity contribution in [3.63, 3.8) is 0 Å². The van der Waals surface area contributed by atoms with Crippen LogP contribution < -0.4 is 5.73 Å². The largest absolute Gasteiger partial charge is 0.329 e. The molecule has 2 N–H and O–H groups in total. The van der Waals surface area contributed by atoms with Crippen LogP contribution >= 0.6 is 0 Å². The lowest BCUT2D eigenvalue weighted by Crippen LogP contribution is -2.58. The van der Waals surface area contributed by atoms with Gasteiger partial charge in [-0.15, -0.1) is 0 Å². The van der Waals surface area contributed by atoms with E-state index in [-0.39, 0.29) is 0 Å². The average molecular weight is 279 g/mol. The fourth-order valence-corrected chi connectivity index (χ4v) is 4.78. The summed E-state index contributed by atoms with van der Waals surface area (Å²) in [5.74, 6) is 0. The summed E-state index contributed by atoms with van der Waals surface area (Å²) in [6.07, 6.45) is 9.43. The fourth-order valence-electron chi connectivity index (χ4n) is 4.78. The van der Waals surface area contributed by atoms with Gasteiger partial charge >= 0.3 is 0 Å². The molecule has 0 radical (unpaired) electrons. The number of rotatable bonds is 2. The van der Waals surface area contributed by atoms with Gasteiger partial charge in [0.05, 0.1) is 0 Å². The smallest absolute Gasteiger partial charge is 0.0332 e. The van der Waals surface area contributed by atoms with E-state index in [2.05, 4.69) is 30.7 Å². The van der Waals surface area contributed by atoms with Crippen LogP contribution in [0.5, 0.6) is 0 Å². The standard InChI is InChI=1S/C17H33N3/c1-16(2)7-9-17(13-18,10-8-16)20-11-6-14-4-5-15(12-20)19(14)3/h14-15H,4-13,18H2,1-3H3. The molecule has 0 aromatic rings. The van der Waals surface area contributed by atoms with Crippen LogP contribution in [0.3, 0.4) is 0 Å². The van der Waals surface area contributed by atoms with Crippen molar-refractivity contribution in [2.24, 2.45) is 11.1 Å². The predicted molar refractivity (Wildman–Crippen MR) is 84.8 cm³/mol. The van der Waals surface area contributed by atoms with Crippen LogP contribution in [0.15, 0.2) is 0 Å². The van der Waals surface area contributed by atoms with E-state index in [1.807, 2.05) is 0 Å². The van der Waals surface area contributed by atoms with E-state index in [1.165, 1.54) is 58.0 Å². The van der Waals surface area contributed by atoms with Crippen LogP contribution in [0.4, 0.5) is 0 Å². The fraction of sp³-hybridized carbons (Fsp3) is 1.00. The molecule has 2 bridgehead atoms. The summed E-state index contributed by atoms with van der Waals surface area (Å²) in [5.41, 5.74) is 7.12. The summed E-state index contributed by atoms with van der Waals surface area (Å²) < 4.78 is 0. The Hall–Kier alpha value is -0.120. The topological polar surface area (TPSA) is 32.5 Å². The first kappa shape index (κ1) is 14.8. The highest BCUT2D eigenvalue weighted by atomic mass is 15.3. The van der Waals surface area contributed by atoms with Gasteiger partial charge in [0.25, 0.3) is 0 Å². The molecule has 2 unspecified atom stereocenters. The van der Waals surface area contributed by atoms with Crippen molar-refractivity contribution in [2.45, 2.75) is 76.4 Å². The van der Waals surface area contributed by atoms with Gasteiger partial charge in [-0.1, -0.05) is 13.8 Å². The summed E-state index contributed by atoms with van der Waals surface area (Å²) in [5, 5.41) is 0. The summed E-state index contributed by atoms with van der Waals surface area (Å²) in [6, 6.07) is 1.61. The van der Waals surface area contributed by atoms with Gasteiger partial charge in [-0.25, -0.2) is 0 Å². The molecule has 20 heavy (non-hydrogen) atoms. The highest BCUT2D eigenvalue weighted by Crippen LogP contribution is 2.44. The van der Waals surface area contributed by atoms with E-state index in [0.717, 1.165) is 18.6 Å². The summed E-state index contributed by atoms with van der Waals surface area (Å²) >= 11 is 0. The molecule has 3 nitrogen and oxygen atoms in total. The molecule has 2 aliphatic heterocycles. The first-order valence-corrected chi connectivity index (χ1v) is 8.63. The molecule has 3 aliphatic rings. The second kappa shape index (κ2) is 5.26. The predicted octanol–water partition coefficient (Wildman–Crippen LogP) is 2.45. The maximum atomic E-state index is 6.29. The van der Waals surface area contributed by atoms with Crippen LogP contribution in [0.1, 0.15) is 58.8 Å². The molecular weight excluding hydrogens is 246 g/mol. The highest BCUT2D eigenvalue weighted by molar-refractivity contribution is 5.02. The number of fused-ring (bicyclic) bond motifs is 2. The summed E-state index contributed by atoms with van der Waals surface area (Å²) in [7, 11) is 2.34. The number of likely N-dealkylation sites (N-methyl/N-ethyl adjacent to an activating group) is 1. The number of hydrogen-bond acceptors (Lipinski definition) is 3. The number of likely N-dealkylation sites (tertiary alicyclic amines) is 1. The van der Waals surface area contributed by atoms with E-state index >= 15 is 0 Å². The van der Waals surface area contributed by atoms with Gasteiger partial charge in [0, 0.05) is 37.3 Å². The van der Waals surface area contributed by atoms with E-state index in [4.69, 9.17) is 5.73 Å². The molecule has 3 heteroatoms. The van der Waals surface area contributed by atoms with Gasteiger partial charge < -0.3 is 5.73 Å². The Morgan fingerprint density at radius 2 is 1.65 bits per heavy atom. The van der Waals surface area contributed by atoms with Crippen molar-refractivity contribution in [3.05, 3.63) is 0 Å². The molecule has 3 fully saturated rings. The monoisotopic (exact) mass is 279 g/mol. The Labute approximate surface area is 124 Å². The normalized spacial score (nSPS) is 37.8. The maximum Gasteiger partial charge on any atom is 0.0332 e. The molecule has 116 valence electrons. The number of hydrogen-bond donors (Lipinski definition) is 1. The maximum absolute atomic E-state index is 6.29. The molecule has 1 saturated carbocycles. The Bertz CT molecular complexity index is 342. The molecule has 3 rings (SSSR count). The third-order valence-corrected chi connectivity index (χ3v) is 6.73. The summed E-state index contributed by atoms with van der Waals surface area (Å²) in [4.78, 5) is 5.44. The van der Waals surface area contributed by atoms with Crippen LogP contribution in [0.25, 0.3) is 0 Å². The number of nitrogens with two attached hydrogens (primary N) is 1. The quantitative estimate of drug-likeness (QED) is 0.843. The van der Waals surface area contributed by atoms with Gasteiger partial charge in [0.15, 0.2) is 0 Å². The van der Waals surface area contributed by atoms with Crippen LogP contribution in [-0.4, -0.2) is 54.1 Å². The molecule has 1 aliphatic carbocycles. The lowest BCUT2D eigenvalue weighted by atomic mass is 9.68. The van der Waals surface area contributed by atoms with Gasteiger partial charge in [-0.3, -0.25) is 9.80 Å². The third kappa shape index (κ3) is 2.53.